The highest BCUT2D eigenvalue weighted by Gasteiger charge is 2.32. The van der Waals surface area contributed by atoms with Gasteiger partial charge in [0, 0.05) is 11.5 Å². The standard InChI is InChI=1S/C16H32N2O/c1-15(2,3)11-16(4,5)18-14(19)13-8-6-7-12(9-13)10-17/h12-13H,6-11,17H2,1-5H3,(H,18,19). The summed E-state index contributed by atoms with van der Waals surface area (Å²) in [4.78, 5) is 12.4. The maximum absolute atomic E-state index is 12.4. The molecule has 1 rings (SSSR count). The van der Waals surface area contributed by atoms with E-state index in [-0.39, 0.29) is 22.8 Å². The average molecular weight is 268 g/mol. The molecule has 112 valence electrons. The largest absolute Gasteiger partial charge is 0.351 e. The van der Waals surface area contributed by atoms with Gasteiger partial charge in [0.2, 0.25) is 5.91 Å². The molecule has 1 aliphatic rings. The maximum Gasteiger partial charge on any atom is 0.223 e. The zero-order valence-corrected chi connectivity index (χ0v) is 13.4. The smallest absolute Gasteiger partial charge is 0.223 e. The lowest BCUT2D eigenvalue weighted by Crippen LogP contribution is -2.48. The molecule has 0 bridgehead atoms. The monoisotopic (exact) mass is 268 g/mol. The van der Waals surface area contributed by atoms with Gasteiger partial charge in [-0.1, -0.05) is 27.2 Å². The van der Waals surface area contributed by atoms with Gasteiger partial charge in [-0.25, -0.2) is 0 Å². The first-order valence-corrected chi connectivity index (χ1v) is 7.65. The Bertz CT molecular complexity index is 304. The van der Waals surface area contributed by atoms with Gasteiger partial charge in [-0.3, -0.25) is 4.79 Å². The van der Waals surface area contributed by atoms with Gasteiger partial charge in [0.15, 0.2) is 0 Å². The molecule has 1 fully saturated rings. The molecule has 0 heterocycles. The minimum Gasteiger partial charge on any atom is -0.351 e. The van der Waals surface area contributed by atoms with Gasteiger partial charge < -0.3 is 11.1 Å². The van der Waals surface area contributed by atoms with Crippen LogP contribution in [0.2, 0.25) is 0 Å². The zero-order chi connectivity index (χ0) is 14.7. The quantitative estimate of drug-likeness (QED) is 0.823. The fourth-order valence-corrected chi connectivity index (χ4v) is 3.55. The van der Waals surface area contributed by atoms with Crippen molar-refractivity contribution in [3.05, 3.63) is 0 Å². The summed E-state index contributed by atoms with van der Waals surface area (Å²) in [7, 11) is 0. The minimum absolute atomic E-state index is 0.134. The second kappa shape index (κ2) is 6.25. The first-order valence-electron chi connectivity index (χ1n) is 7.65. The van der Waals surface area contributed by atoms with Crippen molar-refractivity contribution in [3.63, 3.8) is 0 Å². The number of carbonyl (C=O) groups excluding carboxylic acids is 1. The Kier molecular flexibility index (Phi) is 5.43. The summed E-state index contributed by atoms with van der Waals surface area (Å²) in [5.74, 6) is 0.934. The average Bonchev–Trinajstić information content (AvgIpc) is 2.25. The van der Waals surface area contributed by atoms with Crippen LogP contribution in [0.15, 0.2) is 0 Å². The summed E-state index contributed by atoms with van der Waals surface area (Å²) in [5, 5.41) is 3.25. The maximum atomic E-state index is 12.4. The molecule has 1 amide bonds. The van der Waals surface area contributed by atoms with E-state index in [1.165, 1.54) is 6.42 Å². The van der Waals surface area contributed by atoms with Crippen LogP contribution in [0.3, 0.4) is 0 Å². The topological polar surface area (TPSA) is 55.1 Å². The molecular weight excluding hydrogens is 236 g/mol. The van der Waals surface area contributed by atoms with Crippen molar-refractivity contribution in [2.24, 2.45) is 23.0 Å². The Morgan fingerprint density at radius 3 is 2.37 bits per heavy atom. The van der Waals surface area contributed by atoms with E-state index >= 15 is 0 Å². The van der Waals surface area contributed by atoms with Crippen LogP contribution in [0, 0.1) is 17.3 Å². The van der Waals surface area contributed by atoms with Crippen molar-refractivity contribution in [1.82, 2.24) is 5.32 Å². The summed E-state index contributed by atoms with van der Waals surface area (Å²) in [5.41, 5.74) is 5.84. The summed E-state index contributed by atoms with van der Waals surface area (Å²) in [6.07, 6.45) is 5.30. The SMILES string of the molecule is CC(C)(C)CC(C)(C)NC(=O)C1CCCC(CN)C1. The van der Waals surface area contributed by atoms with Crippen molar-refractivity contribution < 1.29 is 4.79 Å². The van der Waals surface area contributed by atoms with E-state index < -0.39 is 0 Å². The van der Waals surface area contributed by atoms with Crippen LogP contribution in [-0.2, 0) is 4.79 Å². The first-order chi connectivity index (χ1) is 8.63. The van der Waals surface area contributed by atoms with E-state index in [4.69, 9.17) is 5.73 Å². The Balaban J connectivity index is 2.54. The highest BCUT2D eigenvalue weighted by atomic mass is 16.2. The van der Waals surface area contributed by atoms with Crippen molar-refractivity contribution in [1.29, 1.82) is 0 Å². The fraction of sp³-hybridized carbons (Fsp3) is 0.938. The number of nitrogens with one attached hydrogen (secondary N) is 1. The third kappa shape index (κ3) is 5.94. The summed E-state index contributed by atoms with van der Waals surface area (Å²) >= 11 is 0. The number of hydrogen-bond donors (Lipinski definition) is 2. The molecule has 2 unspecified atom stereocenters. The summed E-state index contributed by atoms with van der Waals surface area (Å²) in [6, 6.07) is 0. The van der Waals surface area contributed by atoms with E-state index in [2.05, 4.69) is 39.9 Å². The van der Waals surface area contributed by atoms with Crippen LogP contribution in [-0.4, -0.2) is 18.0 Å². The van der Waals surface area contributed by atoms with E-state index in [1.807, 2.05) is 0 Å². The minimum atomic E-state index is -0.134. The molecule has 0 saturated heterocycles. The molecule has 0 aromatic carbocycles. The number of rotatable bonds is 4. The number of amides is 1. The molecule has 2 atom stereocenters. The highest BCUT2D eigenvalue weighted by molar-refractivity contribution is 5.79. The number of hydrogen-bond acceptors (Lipinski definition) is 2. The lowest BCUT2D eigenvalue weighted by Gasteiger charge is -2.36. The van der Waals surface area contributed by atoms with Crippen LogP contribution < -0.4 is 11.1 Å². The van der Waals surface area contributed by atoms with Crippen molar-refractivity contribution in [2.75, 3.05) is 6.54 Å². The van der Waals surface area contributed by atoms with E-state index in [1.54, 1.807) is 0 Å². The third-order valence-electron chi connectivity index (χ3n) is 3.92. The molecule has 1 aliphatic carbocycles. The van der Waals surface area contributed by atoms with E-state index in [0.717, 1.165) is 32.2 Å². The molecule has 3 heteroatoms. The Morgan fingerprint density at radius 1 is 1.21 bits per heavy atom. The normalized spacial score (nSPS) is 25.2. The Hall–Kier alpha value is -0.570. The van der Waals surface area contributed by atoms with Crippen LogP contribution >= 0.6 is 0 Å². The second-order valence-corrected chi connectivity index (χ2v) is 8.08. The van der Waals surface area contributed by atoms with Crippen LogP contribution in [0.4, 0.5) is 0 Å². The van der Waals surface area contributed by atoms with Crippen molar-refractivity contribution in [2.45, 2.75) is 72.3 Å². The van der Waals surface area contributed by atoms with Gasteiger partial charge in [0.1, 0.15) is 0 Å². The summed E-state index contributed by atoms with van der Waals surface area (Å²) in [6.45, 7) is 11.6. The fourth-order valence-electron chi connectivity index (χ4n) is 3.55. The molecule has 0 spiro atoms. The zero-order valence-electron chi connectivity index (χ0n) is 13.4. The molecule has 3 nitrogen and oxygen atoms in total. The molecule has 0 radical (unpaired) electrons. The Labute approximate surface area is 118 Å². The van der Waals surface area contributed by atoms with Gasteiger partial charge in [-0.2, -0.15) is 0 Å². The molecule has 3 N–H and O–H groups in total. The molecule has 19 heavy (non-hydrogen) atoms. The van der Waals surface area contributed by atoms with Gasteiger partial charge in [0.25, 0.3) is 0 Å². The second-order valence-electron chi connectivity index (χ2n) is 8.08. The van der Waals surface area contributed by atoms with Gasteiger partial charge in [0.05, 0.1) is 0 Å². The van der Waals surface area contributed by atoms with Crippen molar-refractivity contribution in [3.8, 4) is 0 Å². The lowest BCUT2D eigenvalue weighted by molar-refractivity contribution is -0.128. The van der Waals surface area contributed by atoms with E-state index in [0.29, 0.717) is 5.92 Å². The van der Waals surface area contributed by atoms with Crippen LogP contribution in [0.25, 0.3) is 0 Å². The van der Waals surface area contributed by atoms with Gasteiger partial charge >= 0.3 is 0 Å². The summed E-state index contributed by atoms with van der Waals surface area (Å²) < 4.78 is 0. The van der Waals surface area contributed by atoms with Gasteiger partial charge in [-0.05, 0) is 57.4 Å². The third-order valence-corrected chi connectivity index (χ3v) is 3.92. The molecular formula is C16H32N2O. The predicted octanol–water partition coefficient (Wildman–Crippen LogP) is 3.08. The molecule has 0 aliphatic heterocycles. The predicted molar refractivity (Wildman–Crippen MR) is 80.8 cm³/mol. The number of carbonyl (C=O) groups is 1. The Morgan fingerprint density at radius 2 is 1.84 bits per heavy atom. The molecule has 0 aromatic rings. The van der Waals surface area contributed by atoms with Crippen LogP contribution in [0.5, 0.6) is 0 Å². The lowest BCUT2D eigenvalue weighted by atomic mass is 9.79. The highest BCUT2D eigenvalue weighted by Crippen LogP contribution is 2.31. The van der Waals surface area contributed by atoms with Crippen LogP contribution in [0.1, 0.15) is 66.7 Å². The van der Waals surface area contributed by atoms with Gasteiger partial charge in [-0.15, -0.1) is 0 Å². The van der Waals surface area contributed by atoms with Crippen molar-refractivity contribution >= 4 is 5.91 Å². The first kappa shape index (κ1) is 16.5. The number of nitrogens with two attached hydrogens (primary N) is 1. The molecule has 1 saturated carbocycles. The molecule has 0 aromatic heterocycles. The van der Waals surface area contributed by atoms with E-state index in [9.17, 15) is 4.79 Å².